The molecule has 2 saturated heterocycles. The summed E-state index contributed by atoms with van der Waals surface area (Å²) < 4.78 is 5.38. The van der Waals surface area contributed by atoms with Gasteiger partial charge in [-0.2, -0.15) is 0 Å². The Hall–Kier alpha value is -2.57. The molecule has 2 unspecified atom stereocenters. The van der Waals surface area contributed by atoms with E-state index in [-0.39, 0.29) is 23.7 Å². The number of nitrogens with one attached hydrogen (secondary N) is 1. The number of esters is 1. The number of amides is 2. The number of nitrogens with zero attached hydrogens (tertiary/aromatic N) is 1. The molecule has 7 nitrogen and oxygen atoms in total. The van der Waals surface area contributed by atoms with Crippen molar-refractivity contribution in [2.24, 2.45) is 0 Å². The highest BCUT2D eigenvalue weighted by Gasteiger charge is 2.57. The van der Waals surface area contributed by atoms with Gasteiger partial charge in [-0.15, -0.1) is 11.8 Å². The van der Waals surface area contributed by atoms with Crippen LogP contribution in [0.25, 0.3) is 0 Å². The third-order valence-electron chi connectivity index (χ3n) is 4.38. The SMILES string of the molecule is CC(C)(C)OC(=O)C1C(=C=O)CS[C@@H]2C(NC(=O)Cc3ccccc3)C(=O)N12. The number of ether oxygens (including phenoxy) is 1. The topological polar surface area (TPSA) is 92.8 Å². The molecule has 3 atom stereocenters. The van der Waals surface area contributed by atoms with Crippen LogP contribution in [0.3, 0.4) is 0 Å². The molecule has 0 bridgehead atoms. The van der Waals surface area contributed by atoms with Gasteiger partial charge in [-0.05, 0) is 26.3 Å². The highest BCUT2D eigenvalue weighted by atomic mass is 32.2. The van der Waals surface area contributed by atoms with E-state index in [2.05, 4.69) is 5.32 Å². The van der Waals surface area contributed by atoms with Gasteiger partial charge in [0.25, 0.3) is 0 Å². The van der Waals surface area contributed by atoms with Gasteiger partial charge in [0.05, 0.1) is 12.0 Å². The average molecular weight is 402 g/mol. The molecule has 2 aliphatic rings. The third kappa shape index (κ3) is 4.13. The number of hydrogen-bond donors (Lipinski definition) is 1. The lowest BCUT2D eigenvalue weighted by atomic mass is 9.98. The number of rotatable bonds is 4. The van der Waals surface area contributed by atoms with Crippen molar-refractivity contribution in [2.75, 3.05) is 5.75 Å². The van der Waals surface area contributed by atoms with Crippen LogP contribution in [0.4, 0.5) is 0 Å². The maximum absolute atomic E-state index is 12.7. The molecule has 1 N–H and O–H groups in total. The van der Waals surface area contributed by atoms with E-state index < -0.39 is 34.9 Å². The first kappa shape index (κ1) is 20.2. The molecule has 2 heterocycles. The number of β-lactam (4-membered cyclic amide) rings is 1. The fourth-order valence-corrected chi connectivity index (χ4v) is 4.53. The summed E-state index contributed by atoms with van der Waals surface area (Å²) in [5, 5.41) is 2.33. The van der Waals surface area contributed by atoms with Crippen molar-refractivity contribution in [3.63, 3.8) is 0 Å². The zero-order chi connectivity index (χ0) is 20.5. The van der Waals surface area contributed by atoms with Crippen LogP contribution in [-0.2, 0) is 30.3 Å². The molecule has 2 amide bonds. The van der Waals surface area contributed by atoms with Crippen LogP contribution in [0.1, 0.15) is 26.3 Å². The first-order valence-corrected chi connectivity index (χ1v) is 10.00. The summed E-state index contributed by atoms with van der Waals surface area (Å²) in [5.41, 5.74) is 0.276. The second kappa shape index (κ2) is 7.81. The first-order valence-electron chi connectivity index (χ1n) is 8.95. The zero-order valence-electron chi connectivity index (χ0n) is 15.9. The number of fused-ring (bicyclic) bond motifs is 1. The molecule has 8 heteroatoms. The van der Waals surface area contributed by atoms with Crippen molar-refractivity contribution in [2.45, 2.75) is 50.3 Å². The fourth-order valence-electron chi connectivity index (χ4n) is 3.20. The lowest BCUT2D eigenvalue weighted by molar-refractivity contribution is -0.170. The summed E-state index contributed by atoms with van der Waals surface area (Å²) in [7, 11) is 0. The maximum atomic E-state index is 12.7. The molecule has 28 heavy (non-hydrogen) atoms. The van der Waals surface area contributed by atoms with E-state index >= 15 is 0 Å². The zero-order valence-corrected chi connectivity index (χ0v) is 16.7. The molecule has 3 rings (SSSR count). The summed E-state index contributed by atoms with van der Waals surface area (Å²) >= 11 is 1.33. The van der Waals surface area contributed by atoms with Gasteiger partial charge in [-0.3, -0.25) is 9.59 Å². The number of carbonyl (C=O) groups excluding carboxylic acids is 4. The van der Waals surface area contributed by atoms with Gasteiger partial charge in [-0.1, -0.05) is 30.3 Å². The van der Waals surface area contributed by atoms with E-state index in [0.717, 1.165) is 5.56 Å². The summed E-state index contributed by atoms with van der Waals surface area (Å²) in [5.74, 6) is 0.712. The number of hydrogen-bond acceptors (Lipinski definition) is 6. The van der Waals surface area contributed by atoms with Gasteiger partial charge < -0.3 is 15.0 Å². The molecule has 0 aliphatic carbocycles. The van der Waals surface area contributed by atoms with E-state index in [0.29, 0.717) is 0 Å². The Morgan fingerprint density at radius 3 is 2.57 bits per heavy atom. The Balaban J connectivity index is 1.70. The Kier molecular flexibility index (Phi) is 5.63. The smallest absolute Gasteiger partial charge is 0.334 e. The summed E-state index contributed by atoms with van der Waals surface area (Å²) in [4.78, 5) is 50.2. The van der Waals surface area contributed by atoms with E-state index in [1.165, 1.54) is 16.7 Å². The van der Waals surface area contributed by atoms with E-state index in [9.17, 15) is 19.2 Å². The Bertz CT molecular complexity index is 842. The van der Waals surface area contributed by atoms with E-state index in [1.807, 2.05) is 30.3 Å². The summed E-state index contributed by atoms with van der Waals surface area (Å²) in [6.07, 6.45) is 0.164. The van der Waals surface area contributed by atoms with E-state index in [4.69, 9.17) is 4.74 Å². The molecule has 1 aromatic carbocycles. The summed E-state index contributed by atoms with van der Waals surface area (Å²) in [6, 6.07) is 7.41. The molecular formula is C20H22N2O5S. The van der Waals surface area contributed by atoms with Crippen LogP contribution < -0.4 is 5.32 Å². The normalized spacial score (nSPS) is 24.0. The molecule has 148 valence electrons. The van der Waals surface area contributed by atoms with E-state index in [1.54, 1.807) is 26.7 Å². The Morgan fingerprint density at radius 2 is 1.96 bits per heavy atom. The Morgan fingerprint density at radius 1 is 1.29 bits per heavy atom. The van der Waals surface area contributed by atoms with Crippen LogP contribution in [0.2, 0.25) is 0 Å². The second-order valence-corrected chi connectivity index (χ2v) is 8.82. The number of carbonyl (C=O) groups is 3. The molecule has 0 saturated carbocycles. The van der Waals surface area contributed by atoms with Crippen molar-refractivity contribution >= 4 is 35.5 Å². The third-order valence-corrected chi connectivity index (χ3v) is 5.70. The first-order chi connectivity index (χ1) is 13.2. The minimum absolute atomic E-state index is 0.164. The Labute approximate surface area is 167 Å². The summed E-state index contributed by atoms with van der Waals surface area (Å²) in [6.45, 7) is 5.15. The minimum Gasteiger partial charge on any atom is -0.458 e. The van der Waals surface area contributed by atoms with Crippen LogP contribution in [-0.4, -0.2) is 57.4 Å². The standard InChI is InChI=1S/C20H22N2O5S/c1-20(2,3)27-19(26)16-13(10-23)11-28-18-15(17(25)22(16)18)21-14(24)9-12-7-5-4-6-8-12/h4-8,15-16,18H,9,11H2,1-3H3,(H,21,24)/t15?,16?,18-/m1/s1. The molecule has 0 aromatic heterocycles. The second-order valence-electron chi connectivity index (χ2n) is 7.72. The van der Waals surface area contributed by atoms with Crippen LogP contribution >= 0.6 is 11.8 Å². The van der Waals surface area contributed by atoms with Gasteiger partial charge in [0.1, 0.15) is 23.0 Å². The van der Waals surface area contributed by atoms with Crippen LogP contribution in [0.5, 0.6) is 0 Å². The maximum Gasteiger partial charge on any atom is 0.334 e. The van der Waals surface area contributed by atoms with Gasteiger partial charge in [-0.25, -0.2) is 9.59 Å². The average Bonchev–Trinajstić information content (AvgIpc) is 2.64. The minimum atomic E-state index is -1.09. The molecular weight excluding hydrogens is 380 g/mol. The van der Waals surface area contributed by atoms with Crippen molar-refractivity contribution in [1.29, 1.82) is 0 Å². The lowest BCUT2D eigenvalue weighted by Crippen LogP contribution is -2.75. The van der Waals surface area contributed by atoms with Crippen LogP contribution in [0, 0.1) is 0 Å². The highest BCUT2D eigenvalue weighted by molar-refractivity contribution is 8.00. The largest absolute Gasteiger partial charge is 0.458 e. The van der Waals surface area contributed by atoms with Crippen molar-refractivity contribution in [3.05, 3.63) is 41.5 Å². The van der Waals surface area contributed by atoms with Gasteiger partial charge in [0, 0.05) is 5.75 Å². The van der Waals surface area contributed by atoms with Crippen molar-refractivity contribution < 1.29 is 23.9 Å². The van der Waals surface area contributed by atoms with Gasteiger partial charge in [0.15, 0.2) is 6.04 Å². The fraction of sp³-hybridized carbons (Fsp3) is 0.450. The highest BCUT2D eigenvalue weighted by Crippen LogP contribution is 2.40. The quantitative estimate of drug-likeness (QED) is 0.461. The lowest BCUT2D eigenvalue weighted by Gasteiger charge is -2.52. The van der Waals surface area contributed by atoms with Crippen molar-refractivity contribution in [1.82, 2.24) is 10.2 Å². The number of benzene rings is 1. The predicted molar refractivity (Wildman–Crippen MR) is 104 cm³/mol. The van der Waals surface area contributed by atoms with Gasteiger partial charge >= 0.3 is 5.97 Å². The molecule has 2 aliphatic heterocycles. The predicted octanol–water partition coefficient (Wildman–Crippen LogP) is 1.10. The number of thioether (sulfide) groups is 1. The van der Waals surface area contributed by atoms with Crippen LogP contribution in [0.15, 0.2) is 35.9 Å². The monoisotopic (exact) mass is 402 g/mol. The van der Waals surface area contributed by atoms with Gasteiger partial charge in [0.2, 0.25) is 11.8 Å². The van der Waals surface area contributed by atoms with Crippen molar-refractivity contribution in [3.8, 4) is 0 Å². The molecule has 0 radical (unpaired) electrons. The molecule has 0 spiro atoms. The molecule has 2 fully saturated rings. The molecule has 1 aromatic rings.